The lowest BCUT2D eigenvalue weighted by Crippen LogP contribution is -2.18. The summed E-state index contributed by atoms with van der Waals surface area (Å²) >= 11 is 0. The van der Waals surface area contributed by atoms with Gasteiger partial charge < -0.3 is 9.32 Å². The number of hydrogen-bond donors (Lipinski definition) is 0. The van der Waals surface area contributed by atoms with Crippen LogP contribution in [0.15, 0.2) is 205 Å². The summed E-state index contributed by atoms with van der Waals surface area (Å²) in [5, 5.41) is 6.95. The monoisotopic (exact) mass is 819 g/mol. The van der Waals surface area contributed by atoms with Crippen LogP contribution in [0.25, 0.3) is 88.0 Å². The molecular formula is C62H45NO. The summed E-state index contributed by atoms with van der Waals surface area (Å²) in [5.41, 5.74) is 20.0. The average molecular weight is 820 g/mol. The van der Waals surface area contributed by atoms with Gasteiger partial charge in [-0.15, -0.1) is 0 Å². The molecule has 2 aliphatic rings. The molecule has 0 amide bonds. The molecule has 0 radical (unpaired) electrons. The molecule has 1 aromatic heterocycles. The molecule has 0 unspecified atom stereocenters. The fourth-order valence-corrected chi connectivity index (χ4v) is 11.5. The number of anilines is 3. The molecule has 0 spiro atoms. The molecule has 0 saturated heterocycles. The van der Waals surface area contributed by atoms with Crippen molar-refractivity contribution < 1.29 is 4.42 Å². The molecule has 0 saturated carbocycles. The highest BCUT2D eigenvalue weighted by Crippen LogP contribution is 2.55. The van der Waals surface area contributed by atoms with Gasteiger partial charge in [0.15, 0.2) is 0 Å². The summed E-state index contributed by atoms with van der Waals surface area (Å²) < 4.78 is 7.41. The van der Waals surface area contributed by atoms with Gasteiger partial charge in [-0.3, -0.25) is 0 Å². The van der Waals surface area contributed by atoms with Crippen molar-refractivity contribution in [2.75, 3.05) is 4.90 Å². The van der Waals surface area contributed by atoms with Gasteiger partial charge in [0, 0.05) is 38.5 Å². The molecule has 0 N–H and O–H groups in total. The van der Waals surface area contributed by atoms with Crippen LogP contribution in [0.2, 0.25) is 0 Å². The normalized spacial score (nSPS) is 14.2. The average Bonchev–Trinajstić information content (AvgIpc) is 3.93. The van der Waals surface area contributed by atoms with Gasteiger partial charge in [0.05, 0.1) is 11.1 Å². The predicted octanol–water partition coefficient (Wildman–Crippen LogP) is 17.3. The zero-order valence-electron chi connectivity index (χ0n) is 36.4. The highest BCUT2D eigenvalue weighted by atomic mass is 16.3. The Morgan fingerprint density at radius 3 is 1.39 bits per heavy atom. The van der Waals surface area contributed by atoms with Gasteiger partial charge in [-0.25, -0.2) is 0 Å². The summed E-state index contributed by atoms with van der Waals surface area (Å²) in [6, 6.07) is 73.9. The molecule has 11 aromatic rings. The van der Waals surface area contributed by atoms with Crippen molar-refractivity contribution in [1.29, 1.82) is 0 Å². The number of furan rings is 1. The number of rotatable bonds is 5. The Morgan fingerprint density at radius 2 is 0.781 bits per heavy atom. The third kappa shape index (κ3) is 5.14. The maximum absolute atomic E-state index is 7.41. The molecule has 304 valence electrons. The van der Waals surface area contributed by atoms with Crippen LogP contribution in [0.1, 0.15) is 49.9 Å². The minimum atomic E-state index is -0.169. The van der Waals surface area contributed by atoms with Crippen molar-refractivity contribution in [1.82, 2.24) is 0 Å². The van der Waals surface area contributed by atoms with Crippen molar-refractivity contribution in [3.8, 4) is 44.5 Å². The van der Waals surface area contributed by atoms with Gasteiger partial charge in [0.25, 0.3) is 0 Å². The second-order valence-corrected chi connectivity index (χ2v) is 18.8. The Bertz CT molecular complexity index is 3610. The number of benzene rings is 10. The van der Waals surface area contributed by atoms with Crippen LogP contribution in [0.4, 0.5) is 17.1 Å². The first-order chi connectivity index (χ1) is 31.3. The van der Waals surface area contributed by atoms with Crippen LogP contribution in [0, 0.1) is 0 Å². The number of hydrogen-bond acceptors (Lipinski definition) is 2. The summed E-state index contributed by atoms with van der Waals surface area (Å²) in [6.45, 7) is 9.49. The van der Waals surface area contributed by atoms with Crippen LogP contribution < -0.4 is 4.90 Å². The van der Waals surface area contributed by atoms with Crippen molar-refractivity contribution in [2.24, 2.45) is 0 Å². The summed E-state index contributed by atoms with van der Waals surface area (Å²) in [4.78, 5) is 2.52. The van der Waals surface area contributed by atoms with E-state index in [0.29, 0.717) is 0 Å². The lowest BCUT2D eigenvalue weighted by Gasteiger charge is -2.30. The topological polar surface area (TPSA) is 16.4 Å². The molecule has 10 aromatic carbocycles. The van der Waals surface area contributed by atoms with Gasteiger partial charge in [-0.2, -0.15) is 0 Å². The van der Waals surface area contributed by atoms with Crippen molar-refractivity contribution in [3.63, 3.8) is 0 Å². The van der Waals surface area contributed by atoms with Gasteiger partial charge in [-0.1, -0.05) is 191 Å². The lowest BCUT2D eigenvalue weighted by molar-refractivity contribution is 0.660. The highest BCUT2D eigenvalue weighted by molar-refractivity contribution is 6.33. The van der Waals surface area contributed by atoms with Gasteiger partial charge in [0.2, 0.25) is 0 Å². The van der Waals surface area contributed by atoms with Gasteiger partial charge in [-0.05, 0) is 114 Å². The predicted molar refractivity (Wildman–Crippen MR) is 269 cm³/mol. The van der Waals surface area contributed by atoms with Crippen molar-refractivity contribution >= 4 is 60.5 Å². The van der Waals surface area contributed by atoms with Crippen LogP contribution in [-0.4, -0.2) is 0 Å². The first-order valence-electron chi connectivity index (χ1n) is 22.5. The van der Waals surface area contributed by atoms with E-state index in [-0.39, 0.29) is 10.8 Å². The lowest BCUT2D eigenvalue weighted by atomic mass is 9.82. The molecule has 2 aliphatic carbocycles. The second kappa shape index (κ2) is 13.4. The molecule has 0 atom stereocenters. The van der Waals surface area contributed by atoms with E-state index in [1.54, 1.807) is 0 Å². The SMILES string of the molecule is CC1(C)c2ccccc2-c2ccc(N(c3ccc4c(c3)C(C)(C)c3ccccc3-4)c3ccc(-c4ccc(-c5ccccc5)cc4)c4oc5c6ccccc6c6ccccc6c5c34)cc21. The maximum atomic E-state index is 7.41. The fourth-order valence-electron chi connectivity index (χ4n) is 11.5. The molecule has 13 rings (SSSR count). The molecule has 0 bridgehead atoms. The Kier molecular flexibility index (Phi) is 7.74. The van der Waals surface area contributed by atoms with E-state index in [9.17, 15) is 0 Å². The molecule has 1 heterocycles. The van der Waals surface area contributed by atoms with Crippen LogP contribution in [0.5, 0.6) is 0 Å². The largest absolute Gasteiger partial charge is 0.455 e. The van der Waals surface area contributed by atoms with E-state index < -0.39 is 0 Å². The van der Waals surface area contributed by atoms with E-state index in [0.717, 1.165) is 55.5 Å². The Hall–Kier alpha value is -7.68. The first-order valence-corrected chi connectivity index (χ1v) is 22.5. The third-order valence-electron chi connectivity index (χ3n) is 14.7. The van der Waals surface area contributed by atoms with E-state index in [1.165, 1.54) is 71.8 Å². The molecule has 2 heteroatoms. The van der Waals surface area contributed by atoms with E-state index >= 15 is 0 Å². The minimum absolute atomic E-state index is 0.169. The smallest absolute Gasteiger partial charge is 0.145 e. The maximum Gasteiger partial charge on any atom is 0.145 e. The van der Waals surface area contributed by atoms with Crippen molar-refractivity contribution in [2.45, 2.75) is 38.5 Å². The Labute approximate surface area is 373 Å². The van der Waals surface area contributed by atoms with E-state index in [2.05, 4.69) is 233 Å². The van der Waals surface area contributed by atoms with E-state index in [1.807, 2.05) is 0 Å². The quantitative estimate of drug-likeness (QED) is 0.161. The van der Waals surface area contributed by atoms with Gasteiger partial charge >= 0.3 is 0 Å². The third-order valence-corrected chi connectivity index (χ3v) is 14.7. The van der Waals surface area contributed by atoms with Crippen LogP contribution >= 0.6 is 0 Å². The number of nitrogens with zero attached hydrogens (tertiary/aromatic N) is 1. The molecule has 64 heavy (non-hydrogen) atoms. The Morgan fingerprint density at radius 1 is 0.328 bits per heavy atom. The molecule has 2 nitrogen and oxygen atoms in total. The summed E-state index contributed by atoms with van der Waals surface area (Å²) in [6.07, 6.45) is 0. The van der Waals surface area contributed by atoms with Crippen LogP contribution in [-0.2, 0) is 10.8 Å². The molecular weight excluding hydrogens is 775 g/mol. The second-order valence-electron chi connectivity index (χ2n) is 18.8. The van der Waals surface area contributed by atoms with Crippen LogP contribution in [0.3, 0.4) is 0 Å². The zero-order chi connectivity index (χ0) is 42.9. The standard InChI is InChI=1S/C62H45NO/c1-61(2)52-24-14-12-20-46(52)48-32-30-41(36-54(48)61)63(42-31-33-49-47-21-13-15-25-53(47)62(3,4)55(49)37-42)56-35-34-43(40-28-26-39(27-29-40)38-16-6-5-7-17-38)59-58(56)57-50-22-10-8-18-44(50)45-19-9-11-23-51(45)60(57)64-59/h5-37H,1-4H3. The highest BCUT2D eigenvalue weighted by Gasteiger charge is 2.38. The fraction of sp³-hybridized carbons (Fsp3) is 0.0968. The number of fused-ring (bicyclic) bond motifs is 14. The Balaban J connectivity index is 1.13. The molecule has 0 aliphatic heterocycles. The van der Waals surface area contributed by atoms with Crippen molar-refractivity contribution in [3.05, 3.63) is 222 Å². The minimum Gasteiger partial charge on any atom is -0.455 e. The molecule has 0 fully saturated rings. The summed E-state index contributed by atoms with van der Waals surface area (Å²) in [7, 11) is 0. The van der Waals surface area contributed by atoms with Gasteiger partial charge in [0.1, 0.15) is 11.2 Å². The first kappa shape index (κ1) is 36.9. The zero-order valence-corrected chi connectivity index (χ0v) is 36.4. The van der Waals surface area contributed by atoms with E-state index in [4.69, 9.17) is 4.42 Å². The summed E-state index contributed by atoms with van der Waals surface area (Å²) in [5.74, 6) is 0.